The summed E-state index contributed by atoms with van der Waals surface area (Å²) in [4.78, 5) is 25.3. The highest BCUT2D eigenvalue weighted by atomic mass is 32.2. The van der Waals surface area contributed by atoms with Crippen LogP contribution in [0.2, 0.25) is 0 Å². The highest BCUT2D eigenvalue weighted by Gasteiger charge is 2.18. The Morgan fingerprint density at radius 3 is 2.03 bits per heavy atom. The minimum absolute atomic E-state index is 0.0525. The molecule has 30 heavy (non-hydrogen) atoms. The second-order valence-corrected chi connectivity index (χ2v) is 8.79. The topological polar surface area (TPSA) is 97.3 Å². The molecule has 0 spiro atoms. The lowest BCUT2D eigenvalue weighted by Gasteiger charge is -2.14. The van der Waals surface area contributed by atoms with Crippen LogP contribution in [0.1, 0.15) is 16.8 Å². The molecule has 2 aromatic carbocycles. The Balaban J connectivity index is 1.82. The monoisotopic (exact) mass is 425 g/mol. The van der Waals surface area contributed by atoms with Crippen molar-refractivity contribution in [2.75, 3.05) is 10.0 Å². The fourth-order valence-electron chi connectivity index (χ4n) is 2.85. The predicted molar refractivity (Wildman–Crippen MR) is 117 cm³/mol. The van der Waals surface area contributed by atoms with Crippen LogP contribution in [0.4, 0.5) is 11.4 Å². The summed E-state index contributed by atoms with van der Waals surface area (Å²) in [6.45, 7) is 5.24. The molecule has 8 heteroatoms. The molecular weight excluding hydrogens is 402 g/mol. The lowest BCUT2D eigenvalue weighted by atomic mass is 10.2. The number of anilines is 2. The molecule has 156 valence electrons. The van der Waals surface area contributed by atoms with Crippen molar-refractivity contribution in [3.63, 3.8) is 0 Å². The van der Waals surface area contributed by atoms with E-state index in [0.717, 1.165) is 11.1 Å². The molecule has 3 aromatic rings. The summed E-state index contributed by atoms with van der Waals surface area (Å²) >= 11 is 0. The van der Waals surface area contributed by atoms with Crippen LogP contribution < -0.4 is 15.6 Å². The van der Waals surface area contributed by atoms with Gasteiger partial charge < -0.3 is 9.88 Å². The van der Waals surface area contributed by atoms with E-state index in [1.165, 1.54) is 22.8 Å². The molecule has 0 aliphatic rings. The lowest BCUT2D eigenvalue weighted by molar-refractivity contribution is -0.116. The number of benzene rings is 2. The van der Waals surface area contributed by atoms with Gasteiger partial charge in [-0.2, -0.15) is 0 Å². The second kappa shape index (κ2) is 8.54. The maximum absolute atomic E-state index is 12.8. The van der Waals surface area contributed by atoms with E-state index < -0.39 is 15.6 Å². The molecule has 0 radical (unpaired) electrons. The average molecular weight is 426 g/mol. The van der Waals surface area contributed by atoms with Crippen LogP contribution in [0.5, 0.6) is 0 Å². The van der Waals surface area contributed by atoms with Gasteiger partial charge in [0, 0.05) is 11.4 Å². The van der Waals surface area contributed by atoms with Crippen LogP contribution in [0, 0.1) is 20.8 Å². The van der Waals surface area contributed by atoms with Crippen molar-refractivity contribution in [1.29, 1.82) is 0 Å². The van der Waals surface area contributed by atoms with Gasteiger partial charge in [0.05, 0.1) is 4.90 Å². The van der Waals surface area contributed by atoms with E-state index >= 15 is 0 Å². The molecule has 1 aromatic heterocycles. The first-order valence-corrected chi connectivity index (χ1v) is 10.8. The number of hydrogen-bond donors (Lipinski definition) is 2. The van der Waals surface area contributed by atoms with Crippen LogP contribution in [0.25, 0.3) is 0 Å². The molecule has 3 rings (SSSR count). The molecule has 0 atom stereocenters. The summed E-state index contributed by atoms with van der Waals surface area (Å²) in [6, 6.07) is 16.6. The van der Waals surface area contributed by atoms with Crippen LogP contribution in [-0.2, 0) is 21.4 Å². The van der Waals surface area contributed by atoms with E-state index in [9.17, 15) is 18.0 Å². The summed E-state index contributed by atoms with van der Waals surface area (Å²) < 4.78 is 28.8. The van der Waals surface area contributed by atoms with Gasteiger partial charge in [-0.3, -0.25) is 14.3 Å². The van der Waals surface area contributed by atoms with Crippen LogP contribution >= 0.6 is 0 Å². The number of aryl methyl sites for hydroxylation is 3. The van der Waals surface area contributed by atoms with E-state index in [0.29, 0.717) is 11.4 Å². The summed E-state index contributed by atoms with van der Waals surface area (Å²) in [7, 11) is -3.93. The Bertz CT molecular complexity index is 1230. The van der Waals surface area contributed by atoms with E-state index in [1.807, 2.05) is 26.0 Å². The highest BCUT2D eigenvalue weighted by molar-refractivity contribution is 7.92. The zero-order chi connectivity index (χ0) is 21.9. The van der Waals surface area contributed by atoms with Crippen molar-refractivity contribution in [1.82, 2.24) is 4.57 Å². The molecule has 0 fully saturated rings. The van der Waals surface area contributed by atoms with Crippen molar-refractivity contribution in [3.05, 3.63) is 87.8 Å². The number of nitrogens with zero attached hydrogens (tertiary/aromatic N) is 1. The third-order valence-corrected chi connectivity index (χ3v) is 5.99. The summed E-state index contributed by atoms with van der Waals surface area (Å²) in [5.74, 6) is -0.386. The predicted octanol–water partition coefficient (Wildman–Crippen LogP) is 3.21. The fraction of sp³-hybridized carbons (Fsp3) is 0.182. The zero-order valence-electron chi connectivity index (χ0n) is 17.0. The number of carbonyl (C=O) groups excluding carboxylic acids is 1. The number of amides is 1. The number of nitrogens with one attached hydrogen (secondary N) is 2. The highest BCUT2D eigenvalue weighted by Crippen LogP contribution is 2.15. The average Bonchev–Trinajstić information content (AvgIpc) is 2.69. The van der Waals surface area contributed by atoms with Gasteiger partial charge in [-0.05, 0) is 57.2 Å². The largest absolute Gasteiger partial charge is 0.325 e. The van der Waals surface area contributed by atoms with Crippen molar-refractivity contribution >= 4 is 27.3 Å². The number of pyridine rings is 1. The molecule has 0 saturated carbocycles. The van der Waals surface area contributed by atoms with Gasteiger partial charge in [0.2, 0.25) is 5.91 Å². The van der Waals surface area contributed by atoms with Gasteiger partial charge in [-0.25, -0.2) is 8.42 Å². The molecule has 7 nitrogen and oxygen atoms in total. The van der Waals surface area contributed by atoms with E-state index in [-0.39, 0.29) is 23.0 Å². The van der Waals surface area contributed by atoms with Gasteiger partial charge in [-0.15, -0.1) is 0 Å². The van der Waals surface area contributed by atoms with Gasteiger partial charge >= 0.3 is 0 Å². The van der Waals surface area contributed by atoms with Crippen LogP contribution in [0.15, 0.2) is 70.4 Å². The molecule has 0 unspecified atom stereocenters. The van der Waals surface area contributed by atoms with Crippen LogP contribution in [-0.4, -0.2) is 18.9 Å². The third-order valence-electron chi connectivity index (χ3n) is 4.61. The van der Waals surface area contributed by atoms with Crippen molar-refractivity contribution in [2.45, 2.75) is 32.2 Å². The van der Waals surface area contributed by atoms with Gasteiger partial charge in [0.25, 0.3) is 15.6 Å². The Morgan fingerprint density at radius 2 is 1.43 bits per heavy atom. The standard InChI is InChI=1S/C22H23N3O4S/c1-15-4-9-18(10-5-15)23-21(26)14-25-17(3)8-13-20(22(25)27)24-30(28,29)19-11-6-16(2)7-12-19/h4-13,24H,14H2,1-3H3,(H,23,26). The van der Waals surface area contributed by atoms with Crippen LogP contribution in [0.3, 0.4) is 0 Å². The SMILES string of the molecule is Cc1ccc(NC(=O)Cn2c(C)ccc(NS(=O)(=O)c3ccc(C)cc3)c2=O)cc1. The molecule has 1 heterocycles. The Labute approximate surface area is 175 Å². The number of aromatic nitrogens is 1. The molecule has 0 aliphatic carbocycles. The number of rotatable bonds is 6. The third kappa shape index (κ3) is 4.96. The normalized spacial score (nSPS) is 11.2. The summed E-state index contributed by atoms with van der Waals surface area (Å²) in [5, 5.41) is 2.73. The van der Waals surface area contributed by atoms with Gasteiger partial charge in [0.1, 0.15) is 12.2 Å². The Kier molecular flexibility index (Phi) is 6.07. The fourth-order valence-corrected chi connectivity index (χ4v) is 3.90. The van der Waals surface area contributed by atoms with Crippen molar-refractivity contribution in [2.24, 2.45) is 0 Å². The lowest BCUT2D eigenvalue weighted by Crippen LogP contribution is -2.31. The maximum atomic E-state index is 12.8. The number of sulfonamides is 1. The Hall–Kier alpha value is -3.39. The second-order valence-electron chi connectivity index (χ2n) is 7.11. The zero-order valence-corrected chi connectivity index (χ0v) is 17.8. The molecule has 0 bridgehead atoms. The van der Waals surface area contributed by atoms with E-state index in [4.69, 9.17) is 0 Å². The van der Waals surface area contributed by atoms with Gasteiger partial charge in [0.15, 0.2) is 0 Å². The Morgan fingerprint density at radius 1 is 0.867 bits per heavy atom. The smallest absolute Gasteiger partial charge is 0.275 e. The minimum atomic E-state index is -3.93. The van der Waals surface area contributed by atoms with Gasteiger partial charge in [-0.1, -0.05) is 35.4 Å². The van der Waals surface area contributed by atoms with E-state index in [1.54, 1.807) is 37.3 Å². The first-order valence-electron chi connectivity index (χ1n) is 9.32. The number of carbonyl (C=O) groups is 1. The summed E-state index contributed by atoms with van der Waals surface area (Å²) in [6.07, 6.45) is 0. The molecule has 1 amide bonds. The first kappa shape index (κ1) is 21.3. The maximum Gasteiger partial charge on any atom is 0.275 e. The molecule has 0 aliphatic heterocycles. The van der Waals surface area contributed by atoms with Crippen molar-refractivity contribution in [3.8, 4) is 0 Å². The molecule has 2 N–H and O–H groups in total. The summed E-state index contributed by atoms with van der Waals surface area (Å²) in [5.41, 5.74) is 2.43. The molecule has 0 saturated heterocycles. The minimum Gasteiger partial charge on any atom is -0.325 e. The quantitative estimate of drug-likeness (QED) is 0.634. The van der Waals surface area contributed by atoms with Crippen molar-refractivity contribution < 1.29 is 13.2 Å². The van der Waals surface area contributed by atoms with E-state index in [2.05, 4.69) is 10.0 Å². The first-order chi connectivity index (χ1) is 14.2. The number of hydrogen-bond acceptors (Lipinski definition) is 4. The molecular formula is C22H23N3O4S.